The molecule has 0 N–H and O–H groups in total. The minimum absolute atomic E-state index is 0.0376. The molecule has 2 nitrogen and oxygen atoms in total. The molecule has 0 fully saturated rings. The number of carbonyl (C=O) groups excluding carboxylic acids is 1. The fourth-order valence-electron chi connectivity index (χ4n) is 1.41. The Kier molecular flexibility index (Phi) is 1.34. The third-order valence-electron chi connectivity index (χ3n) is 2.18. The fourth-order valence-corrected chi connectivity index (χ4v) is 1.41. The van der Waals surface area contributed by atoms with Crippen LogP contribution in [-0.4, -0.2) is 18.7 Å². The summed E-state index contributed by atoms with van der Waals surface area (Å²) in [5.41, 5.74) is 2.49. The van der Waals surface area contributed by atoms with Crippen molar-refractivity contribution in [3.8, 4) is 0 Å². The minimum atomic E-state index is 0.0376. The Morgan fingerprint density at radius 1 is 1.25 bits per heavy atom. The lowest BCUT2D eigenvalue weighted by Gasteiger charge is -2.08. The molecule has 3 heteroatoms. The molecule has 0 bridgehead atoms. The fraction of sp³-hybridized carbons (Fsp3) is 0. The van der Waals surface area contributed by atoms with Crippen molar-refractivity contribution in [1.29, 1.82) is 0 Å². The summed E-state index contributed by atoms with van der Waals surface area (Å²) >= 11 is 0. The van der Waals surface area contributed by atoms with Crippen LogP contribution in [0.2, 0.25) is 0 Å². The predicted molar refractivity (Wildman–Crippen MR) is 50.2 cm³/mol. The molecule has 0 unspecified atom stereocenters. The summed E-state index contributed by atoms with van der Waals surface area (Å²) in [4.78, 5) is 13.0. The second kappa shape index (κ2) is 2.24. The van der Waals surface area contributed by atoms with E-state index in [0.717, 1.165) is 16.8 Å². The van der Waals surface area contributed by atoms with Gasteiger partial charge in [-0.3, -0.25) is 4.79 Å². The number of hydrogen-bond donors (Lipinski definition) is 0. The van der Waals surface area contributed by atoms with Gasteiger partial charge in [-0.15, -0.1) is 0 Å². The van der Waals surface area contributed by atoms with Gasteiger partial charge >= 0.3 is 0 Å². The lowest BCUT2D eigenvalue weighted by Crippen LogP contribution is -2.18. The summed E-state index contributed by atoms with van der Waals surface area (Å²) in [6, 6.07) is 7.52. The maximum absolute atomic E-state index is 11.5. The average Bonchev–Trinajstić information content (AvgIpc) is 2.33. The molecule has 0 aliphatic carbocycles. The van der Waals surface area contributed by atoms with Crippen LogP contribution in [0, 0.1) is 0 Å². The molecular formula is C9H8BNO. The van der Waals surface area contributed by atoms with Crippen LogP contribution in [0.15, 0.2) is 30.8 Å². The van der Waals surface area contributed by atoms with Crippen LogP contribution < -0.4 is 0 Å². The van der Waals surface area contributed by atoms with Gasteiger partial charge in [-0.1, -0.05) is 24.8 Å². The van der Waals surface area contributed by atoms with Crippen LogP contribution in [0.1, 0.15) is 15.9 Å². The van der Waals surface area contributed by atoms with Crippen molar-refractivity contribution >= 4 is 19.6 Å². The van der Waals surface area contributed by atoms with E-state index in [-0.39, 0.29) is 5.91 Å². The first kappa shape index (κ1) is 7.16. The van der Waals surface area contributed by atoms with E-state index in [4.69, 9.17) is 0 Å². The van der Waals surface area contributed by atoms with E-state index in [2.05, 4.69) is 6.58 Å². The zero-order valence-electron chi connectivity index (χ0n) is 6.87. The maximum atomic E-state index is 11.5. The molecule has 1 aromatic carbocycles. The molecule has 1 amide bonds. The van der Waals surface area contributed by atoms with E-state index in [0.29, 0.717) is 0 Å². The molecule has 0 atom stereocenters. The van der Waals surface area contributed by atoms with Crippen LogP contribution in [0.3, 0.4) is 0 Å². The topological polar surface area (TPSA) is 20.3 Å². The Hall–Kier alpha value is -1.51. The van der Waals surface area contributed by atoms with Crippen LogP contribution in [-0.2, 0) is 0 Å². The molecule has 58 valence electrons. The van der Waals surface area contributed by atoms with Crippen molar-refractivity contribution < 1.29 is 4.79 Å². The zero-order chi connectivity index (χ0) is 8.72. The van der Waals surface area contributed by atoms with Gasteiger partial charge in [0.2, 0.25) is 13.9 Å². The third-order valence-corrected chi connectivity index (χ3v) is 2.18. The van der Waals surface area contributed by atoms with Gasteiger partial charge in [-0.05, 0) is 6.07 Å². The largest absolute Gasteiger partial charge is 0.361 e. The molecule has 2 rings (SSSR count). The first-order chi connectivity index (χ1) is 5.72. The highest BCUT2D eigenvalue weighted by Crippen LogP contribution is 2.28. The number of rotatable bonds is 0. The molecule has 1 aromatic rings. The summed E-state index contributed by atoms with van der Waals surface area (Å²) in [5, 5.41) is 0. The van der Waals surface area contributed by atoms with E-state index >= 15 is 0 Å². The number of carbonyl (C=O) groups is 1. The highest BCUT2D eigenvalue weighted by atomic mass is 16.2. The Balaban J connectivity index is 2.67. The molecule has 0 saturated heterocycles. The lowest BCUT2D eigenvalue weighted by molar-refractivity contribution is 0.0918. The van der Waals surface area contributed by atoms with Crippen LogP contribution in [0.5, 0.6) is 0 Å². The third kappa shape index (κ3) is 0.734. The molecule has 1 aliphatic heterocycles. The summed E-state index contributed by atoms with van der Waals surface area (Å²) in [6.45, 7) is 3.83. The van der Waals surface area contributed by atoms with Crippen molar-refractivity contribution in [2.45, 2.75) is 0 Å². The first-order valence-corrected chi connectivity index (χ1v) is 3.78. The number of benzene rings is 1. The molecular weight excluding hydrogens is 149 g/mol. The normalized spacial score (nSPS) is 15.2. The van der Waals surface area contributed by atoms with E-state index in [1.807, 2.05) is 24.3 Å². The zero-order valence-corrected chi connectivity index (χ0v) is 6.87. The second-order valence-electron chi connectivity index (χ2n) is 2.86. The number of amides is 1. The molecule has 0 radical (unpaired) electrons. The Morgan fingerprint density at radius 3 is 2.42 bits per heavy atom. The van der Waals surface area contributed by atoms with Gasteiger partial charge in [0.25, 0.3) is 0 Å². The first-order valence-electron chi connectivity index (χ1n) is 3.78. The lowest BCUT2D eigenvalue weighted by atomic mass is 10.1. The number of fused-ring (bicyclic) bond motifs is 1. The Bertz CT molecular complexity index is 338. The smallest absolute Gasteiger partial charge is 0.246 e. The molecule has 1 heterocycles. The number of nitrogens with zero attached hydrogens (tertiary/aromatic N) is 1. The van der Waals surface area contributed by atoms with Gasteiger partial charge in [-0.2, -0.15) is 0 Å². The monoisotopic (exact) mass is 157 g/mol. The van der Waals surface area contributed by atoms with E-state index < -0.39 is 0 Å². The van der Waals surface area contributed by atoms with Crippen molar-refractivity contribution in [3.05, 3.63) is 42.0 Å². The second-order valence-corrected chi connectivity index (χ2v) is 2.86. The van der Waals surface area contributed by atoms with Crippen molar-refractivity contribution in [1.82, 2.24) is 4.81 Å². The van der Waals surface area contributed by atoms with Crippen LogP contribution in [0.25, 0.3) is 5.70 Å². The van der Waals surface area contributed by atoms with Crippen molar-refractivity contribution in [2.75, 3.05) is 0 Å². The highest BCUT2D eigenvalue weighted by Gasteiger charge is 2.26. The summed E-state index contributed by atoms with van der Waals surface area (Å²) in [5.74, 6) is 0.0376. The van der Waals surface area contributed by atoms with Gasteiger partial charge < -0.3 is 4.81 Å². The maximum Gasteiger partial charge on any atom is 0.246 e. The standard InChI is InChI=1S/C9H8BNO/c1-6-7-4-2-3-5-8(7)9(12)11(6)10/h2-5H,1,10H2. The summed E-state index contributed by atoms with van der Waals surface area (Å²) < 4.78 is 0. The molecule has 0 aromatic heterocycles. The molecule has 0 saturated carbocycles. The van der Waals surface area contributed by atoms with Gasteiger partial charge in [0, 0.05) is 16.8 Å². The van der Waals surface area contributed by atoms with Crippen molar-refractivity contribution in [2.24, 2.45) is 0 Å². The Morgan fingerprint density at radius 2 is 1.83 bits per heavy atom. The van der Waals surface area contributed by atoms with Crippen LogP contribution >= 0.6 is 0 Å². The average molecular weight is 157 g/mol. The SMILES string of the molecule is BN1C(=C)c2ccccc2C1=O. The summed E-state index contributed by atoms with van der Waals surface area (Å²) in [6.07, 6.45) is 0. The Labute approximate surface area is 71.9 Å². The van der Waals surface area contributed by atoms with Gasteiger partial charge in [-0.25, -0.2) is 0 Å². The number of hydrogen-bond acceptors (Lipinski definition) is 1. The summed E-state index contributed by atoms with van der Waals surface area (Å²) in [7, 11) is 1.74. The van der Waals surface area contributed by atoms with Crippen molar-refractivity contribution in [3.63, 3.8) is 0 Å². The molecule has 0 spiro atoms. The van der Waals surface area contributed by atoms with E-state index in [1.165, 1.54) is 0 Å². The van der Waals surface area contributed by atoms with Gasteiger partial charge in [0.15, 0.2) is 0 Å². The van der Waals surface area contributed by atoms with Gasteiger partial charge in [0.05, 0.1) is 0 Å². The molecule has 12 heavy (non-hydrogen) atoms. The molecule has 1 aliphatic rings. The van der Waals surface area contributed by atoms with Crippen LogP contribution in [0.4, 0.5) is 0 Å². The quantitative estimate of drug-likeness (QED) is 0.506. The minimum Gasteiger partial charge on any atom is -0.361 e. The predicted octanol–water partition coefficient (Wildman–Crippen LogP) is 0.661. The van der Waals surface area contributed by atoms with E-state index in [9.17, 15) is 4.79 Å². The highest BCUT2D eigenvalue weighted by molar-refractivity contribution is 6.27. The van der Waals surface area contributed by atoms with Gasteiger partial charge in [0.1, 0.15) is 0 Å². The van der Waals surface area contributed by atoms with E-state index in [1.54, 1.807) is 12.8 Å².